The van der Waals surface area contributed by atoms with Crippen LogP contribution in [0.4, 0.5) is 30.7 Å². The third-order valence-corrected chi connectivity index (χ3v) is 10.3. The molecule has 0 spiro atoms. The molecule has 0 bridgehead atoms. The van der Waals surface area contributed by atoms with Crippen LogP contribution in [0.25, 0.3) is 33.8 Å². The summed E-state index contributed by atoms with van der Waals surface area (Å²) in [6, 6.07) is 37.4. The summed E-state index contributed by atoms with van der Waals surface area (Å²) >= 11 is 5.59. The predicted octanol–water partition coefficient (Wildman–Crippen LogP) is -4.53. The quantitative estimate of drug-likeness (QED) is 0.0152. The number of aromatic nitrogens is 6. The largest absolute Gasteiger partial charge is 1.00 e. The molecule has 0 saturated carbocycles. The number of H-pyrrole nitrogens is 1. The van der Waals surface area contributed by atoms with E-state index in [0.29, 0.717) is 34.2 Å². The third kappa shape index (κ3) is 37.3. The van der Waals surface area contributed by atoms with E-state index in [1.54, 1.807) is 54.6 Å². The van der Waals surface area contributed by atoms with Gasteiger partial charge >= 0.3 is 252 Å². The molecule has 92 heavy (non-hydrogen) atoms. The van der Waals surface area contributed by atoms with E-state index in [-0.39, 0.29) is 326 Å². The number of aliphatic hydroxyl groups excluding tert-OH is 1. The number of aromatic amines is 1. The zero-order valence-corrected chi connectivity index (χ0v) is 69.6. The number of carbonyl (C=O) groups excluding carboxylic acids is 4. The number of hydrogen-bond donors (Lipinski definition) is 3. The molecule has 9 rings (SSSR count). The number of phenolic OH excluding ortho intramolecular Hbond substituents is 1. The zero-order valence-electron chi connectivity index (χ0n) is 53.0. The molecule has 468 valence electrons. The molecule has 0 amide bonds. The van der Waals surface area contributed by atoms with Gasteiger partial charge in [0.2, 0.25) is 0 Å². The van der Waals surface area contributed by atoms with E-state index in [9.17, 15) is 59.8 Å². The number of rotatable bonds is 12. The fraction of sp³-hybridized carbons (Fsp3) is 0.119. The van der Waals surface area contributed by atoms with Crippen molar-refractivity contribution in [3.63, 3.8) is 0 Å². The molecule has 3 heterocycles. The second-order valence-corrected chi connectivity index (χ2v) is 16.6. The summed E-state index contributed by atoms with van der Waals surface area (Å²) in [5, 5.41) is 47.5. The Morgan fingerprint density at radius 2 is 0.891 bits per heavy atom. The monoisotopic (exact) mass is 1600 g/mol. The third-order valence-electron chi connectivity index (χ3n) is 10.0. The fourth-order valence-corrected chi connectivity index (χ4v) is 6.94. The van der Waals surface area contributed by atoms with E-state index < -0.39 is 48.0 Å². The first-order chi connectivity index (χ1) is 42.5. The van der Waals surface area contributed by atoms with Gasteiger partial charge in [-0.1, -0.05) is 36.4 Å². The summed E-state index contributed by atoms with van der Waals surface area (Å²) in [5.41, 5.74) is 2.82. The van der Waals surface area contributed by atoms with Crippen molar-refractivity contribution >= 4 is 36.5 Å². The van der Waals surface area contributed by atoms with E-state index in [1.165, 1.54) is 71.7 Å². The summed E-state index contributed by atoms with van der Waals surface area (Å²) in [6.07, 6.45) is 0. The number of benzene rings is 6. The van der Waals surface area contributed by atoms with Gasteiger partial charge in [0, 0.05) is 79.9 Å². The van der Waals surface area contributed by atoms with Gasteiger partial charge in [0.05, 0.1) is 38.7 Å². The van der Waals surface area contributed by atoms with Crippen LogP contribution < -0.4 is 277 Å². The molecule has 3 aromatic heterocycles. The minimum Gasteiger partial charge on any atom is -1.00 e. The Morgan fingerprint density at radius 3 is 1.22 bits per heavy atom. The van der Waals surface area contributed by atoms with Crippen LogP contribution in [0.15, 0.2) is 178 Å². The number of esters is 2. The number of aliphatic hydroxyl groups is 1. The van der Waals surface area contributed by atoms with Gasteiger partial charge in [-0.2, -0.15) is 15.3 Å². The Balaban J connectivity index is -0.000000359. The van der Waals surface area contributed by atoms with Crippen LogP contribution in [-0.2, 0) is 47.9 Å². The van der Waals surface area contributed by atoms with Gasteiger partial charge in [0.25, 0.3) is 29.6 Å². The number of halogens is 8. The van der Waals surface area contributed by atoms with Crippen LogP contribution in [0, 0.1) is 34.9 Å². The Morgan fingerprint density at radius 1 is 0.565 bits per heavy atom. The van der Waals surface area contributed by atoms with Gasteiger partial charge in [-0.25, -0.2) is 40.8 Å². The van der Waals surface area contributed by atoms with E-state index in [2.05, 4.69) is 30.2 Å². The van der Waals surface area contributed by atoms with Crippen LogP contribution in [0.1, 0.15) is 34.8 Å². The van der Waals surface area contributed by atoms with Gasteiger partial charge < -0.3 is 42.8 Å². The van der Waals surface area contributed by atoms with Gasteiger partial charge in [-0.05, 0) is 108 Å². The summed E-state index contributed by atoms with van der Waals surface area (Å²) < 4.78 is 107. The first-order valence-electron chi connectivity index (χ1n) is 25.0. The Bertz CT molecular complexity index is 3860. The fourth-order valence-electron chi connectivity index (χ4n) is 6.77. The van der Waals surface area contributed by atoms with Crippen molar-refractivity contribution < 1.29 is 335 Å². The van der Waals surface area contributed by atoms with Crippen molar-refractivity contribution in [1.82, 2.24) is 29.8 Å². The van der Waals surface area contributed by atoms with Gasteiger partial charge in [-0.3, -0.25) is 38.0 Å². The summed E-state index contributed by atoms with van der Waals surface area (Å²) in [4.78, 5) is 78.8. The first-order valence-corrected chi connectivity index (χ1v) is 24.8. The smallest absolute Gasteiger partial charge is 1.00 e. The number of ether oxygens (including phenoxy) is 2. The van der Waals surface area contributed by atoms with Crippen LogP contribution in [0.2, 0.25) is 0 Å². The van der Waals surface area contributed by atoms with Crippen molar-refractivity contribution in [2.75, 3.05) is 14.3 Å². The topological polar surface area (TPSA) is 307 Å². The second-order valence-electron chi connectivity index (χ2n) is 16.4. The van der Waals surface area contributed by atoms with Crippen molar-refractivity contribution in [2.24, 2.45) is 0 Å². The molecule has 9 aromatic rings. The van der Waals surface area contributed by atoms with Crippen LogP contribution in [0.3, 0.4) is 0 Å². The molecule has 6 aromatic carbocycles. The summed E-state index contributed by atoms with van der Waals surface area (Å²) in [5.74, 6) is -3.62. The number of nitrogens with zero attached hydrogens (tertiary/aromatic N) is 5. The molecule has 0 aliphatic heterocycles. The van der Waals surface area contributed by atoms with Crippen molar-refractivity contribution in [2.45, 2.75) is 32.8 Å². The van der Waals surface area contributed by atoms with E-state index >= 15 is 0 Å². The zero-order chi connectivity index (χ0) is 66.4. The number of nitrogens with one attached hydrogen (secondary N) is 1. The Kier molecular flexibility index (Phi) is 52.1. The molecule has 0 aliphatic rings. The van der Waals surface area contributed by atoms with Crippen LogP contribution in [-0.4, -0.2) is 79.1 Å². The maximum Gasteiger partial charge on any atom is 1.00 e. The second kappa shape index (κ2) is 52.8. The normalized spacial score (nSPS) is 9.30. The molecular weight excluding hydrogens is 1550 g/mol. The Hall–Kier alpha value is -3.30. The predicted molar refractivity (Wildman–Crippen MR) is 301 cm³/mol. The van der Waals surface area contributed by atoms with Crippen LogP contribution >= 0.6 is 11.6 Å². The molecule has 33 heteroatoms. The van der Waals surface area contributed by atoms with E-state index in [0.717, 1.165) is 67.3 Å². The molecule has 0 fully saturated rings. The number of hydrogen-bond acceptors (Lipinski definition) is 18. The van der Waals surface area contributed by atoms with Gasteiger partial charge in [-0.15, -0.1) is 11.6 Å². The van der Waals surface area contributed by atoms with Crippen LogP contribution in [0.5, 0.6) is 17.2 Å². The molecule has 21 nitrogen and oxygen atoms in total. The summed E-state index contributed by atoms with van der Waals surface area (Å²) in [6.45, 7) is 2.55. The first kappa shape index (κ1) is 90.8. The molecule has 0 unspecified atom stereocenters. The van der Waals surface area contributed by atoms with Gasteiger partial charge in [0.15, 0.2) is 0 Å². The van der Waals surface area contributed by atoms with Crippen molar-refractivity contribution in [1.29, 1.82) is 0 Å². The molecule has 0 atom stereocenters. The molecule has 3 N–H and O–H groups in total. The Labute approximate surface area is 731 Å². The van der Waals surface area contributed by atoms with E-state index in [4.69, 9.17) is 47.7 Å². The SMILES string of the molecule is CC(=O)Oc1cccc(CCl)c1.CC(=O)Oc1cccc(Cn2nc(-c3cc(F)cc(F)c3)ccc2=O)c1.CO.O=CO[O-].O=CO[O-].O=c1ccc(-c2cc(F)cc(F)c2)n[nH]1.O=c1ccc(-c2cc(F)cc(F)c2)nn1Cc1cccc(O)c1.[2H]CF.[Cs+].[Cs+].[H-].[H-].[K+].[K+]. The average Bonchev–Trinajstić information content (AvgIpc) is 0.851. The minimum atomic E-state index is -1.00. The minimum absolute atomic E-state index is 0. The number of phenols is 1. The number of alkyl halides is 2. The molecule has 0 saturated heterocycles. The molecule has 0 aliphatic carbocycles. The molecular formula is C59H52ClCs2F7K2N6O15. The van der Waals surface area contributed by atoms with Gasteiger partial charge in [0.1, 0.15) is 52.2 Å². The average molecular weight is 1600 g/mol. The summed E-state index contributed by atoms with van der Waals surface area (Å²) in [7, 11) is 0. The number of carbonyl (C=O) groups is 4. The van der Waals surface area contributed by atoms with Crippen molar-refractivity contribution in [3.8, 4) is 51.0 Å². The maximum absolute atomic E-state index is 13.4. The standard InChI is InChI=1S/C19H14F2N2O3.C17H12F2N2O2.C10H6F2N2O.C9H9ClO2.CH3F.2CH2O3.CH4O.2Cs.2K.2H/c1-12(24)26-17-4-2-3-13(7-17)11-23-19(25)6-5-18(22-23)14-8-15(20)10-16(21)9-14;18-13-7-12(8-14(19)9-13)16-4-5-17(23)21(20-16)10-11-2-1-3-15(22)6-11;11-7-3-6(4-8(12)5-7)9-1-2-10(15)14-13-9;1-7(11)12-9-4-2-3-8(5-9)6-10;1-2;2*2-1-4-3;1-2;;;;;;/h2-10H,11H2,1H3;1-9,22H,10H2;1-5H,(H,14,15);2-5H,6H2,1H3;1H3;2*1,3H;2H,1H3;;;;;;/q;;;;;;;;4*+1;2*-1/p-2/i;;;;1D;;;;;;;;;. The van der Waals surface area contributed by atoms with E-state index in [1.807, 2.05) is 6.07 Å². The maximum atomic E-state index is 13.4. The van der Waals surface area contributed by atoms with Crippen molar-refractivity contribution in [3.05, 3.63) is 246 Å². The molecule has 0 radical (unpaired) electrons. The number of aromatic hydroxyl groups is 1.